The Kier molecular flexibility index (Phi) is 5.94. The van der Waals surface area contributed by atoms with E-state index in [1.54, 1.807) is 18.3 Å². The highest BCUT2D eigenvalue weighted by atomic mass is 35.5. The molecular weight excluding hydrogens is 430 g/mol. The summed E-state index contributed by atoms with van der Waals surface area (Å²) in [6, 6.07) is 7.17. The van der Waals surface area contributed by atoms with Gasteiger partial charge in [-0.15, -0.1) is 27.5 Å². The number of aliphatic imine (C=N–C) groups is 1. The van der Waals surface area contributed by atoms with E-state index in [2.05, 4.69) is 41.2 Å². The van der Waals surface area contributed by atoms with E-state index >= 15 is 0 Å². The fraction of sp³-hybridized carbons (Fsp3) is 0.304. The summed E-state index contributed by atoms with van der Waals surface area (Å²) in [5.74, 6) is 6.94. The maximum Gasteiger partial charge on any atom is 0.223 e. The fourth-order valence-corrected chi connectivity index (χ4v) is 4.95. The number of fused-ring (bicyclic) bond motifs is 3. The van der Waals surface area contributed by atoms with Crippen molar-refractivity contribution < 1.29 is 4.79 Å². The quantitative estimate of drug-likeness (QED) is 0.600. The third kappa shape index (κ3) is 4.01. The number of carbonyl (C=O) groups is 1. The van der Waals surface area contributed by atoms with E-state index < -0.39 is 6.04 Å². The first-order valence-electron chi connectivity index (χ1n) is 9.93. The van der Waals surface area contributed by atoms with E-state index in [-0.39, 0.29) is 12.3 Å². The van der Waals surface area contributed by atoms with Gasteiger partial charge in [0.05, 0.1) is 18.7 Å². The van der Waals surface area contributed by atoms with Crippen molar-refractivity contribution in [2.45, 2.75) is 40.2 Å². The predicted molar refractivity (Wildman–Crippen MR) is 124 cm³/mol. The van der Waals surface area contributed by atoms with Crippen molar-refractivity contribution in [3.8, 4) is 16.8 Å². The minimum atomic E-state index is -0.472. The third-order valence-corrected chi connectivity index (χ3v) is 6.73. The molecule has 0 radical (unpaired) electrons. The molecule has 0 unspecified atom stereocenters. The molecule has 31 heavy (non-hydrogen) atoms. The Morgan fingerprint density at radius 2 is 1.97 bits per heavy atom. The Morgan fingerprint density at radius 1 is 1.23 bits per heavy atom. The van der Waals surface area contributed by atoms with Crippen molar-refractivity contribution >= 4 is 34.6 Å². The number of nitrogens with one attached hydrogen (secondary N) is 1. The van der Waals surface area contributed by atoms with Gasteiger partial charge in [0.1, 0.15) is 16.9 Å². The van der Waals surface area contributed by atoms with Gasteiger partial charge in [0.2, 0.25) is 5.91 Å². The van der Waals surface area contributed by atoms with Crippen LogP contribution in [0.4, 0.5) is 0 Å². The fourth-order valence-electron chi connectivity index (χ4n) is 3.61. The largest absolute Gasteiger partial charge is 0.345 e. The molecule has 0 fully saturated rings. The van der Waals surface area contributed by atoms with Crippen LogP contribution in [0.15, 0.2) is 29.3 Å². The van der Waals surface area contributed by atoms with Gasteiger partial charge >= 0.3 is 0 Å². The van der Waals surface area contributed by atoms with Crippen LogP contribution in [-0.2, 0) is 4.79 Å². The number of aryl methyl sites for hydroxylation is 2. The molecule has 8 heteroatoms. The van der Waals surface area contributed by atoms with Crippen molar-refractivity contribution in [1.29, 1.82) is 0 Å². The molecule has 0 aliphatic carbocycles. The Bertz CT molecular complexity index is 1240. The lowest BCUT2D eigenvalue weighted by Gasteiger charge is -2.12. The summed E-state index contributed by atoms with van der Waals surface area (Å²) in [5, 5.41) is 13.2. The van der Waals surface area contributed by atoms with Gasteiger partial charge in [0.25, 0.3) is 0 Å². The summed E-state index contributed by atoms with van der Waals surface area (Å²) in [6.45, 7) is 8.19. The second kappa shape index (κ2) is 8.66. The van der Waals surface area contributed by atoms with Crippen molar-refractivity contribution in [3.05, 3.63) is 62.5 Å². The average Bonchev–Trinajstić information content (AvgIpc) is 3.21. The number of amides is 1. The maximum absolute atomic E-state index is 12.6. The number of nitrogens with zero attached hydrogens (tertiary/aromatic N) is 4. The molecule has 0 saturated carbocycles. The number of halogens is 1. The Morgan fingerprint density at radius 3 is 2.68 bits per heavy atom. The topological polar surface area (TPSA) is 72.2 Å². The lowest BCUT2D eigenvalue weighted by Crippen LogP contribution is -2.25. The number of thiophene rings is 1. The lowest BCUT2D eigenvalue weighted by atomic mass is 9.99. The zero-order chi connectivity index (χ0) is 22.1. The second-order valence-electron chi connectivity index (χ2n) is 7.31. The molecular formula is C23H22ClN5OS. The second-order valence-corrected chi connectivity index (χ2v) is 8.95. The van der Waals surface area contributed by atoms with E-state index in [1.165, 1.54) is 4.88 Å². The van der Waals surface area contributed by atoms with Crippen molar-refractivity contribution in [2.24, 2.45) is 4.99 Å². The number of hydrogen-bond donors (Lipinski definition) is 1. The summed E-state index contributed by atoms with van der Waals surface area (Å²) in [6.07, 6.45) is 0.160. The summed E-state index contributed by atoms with van der Waals surface area (Å²) in [7, 11) is 0. The summed E-state index contributed by atoms with van der Waals surface area (Å²) in [5.41, 5.74) is 4.00. The molecule has 1 aromatic carbocycles. The van der Waals surface area contributed by atoms with Crippen molar-refractivity contribution in [3.63, 3.8) is 0 Å². The molecule has 3 aromatic rings. The molecule has 6 nitrogen and oxygen atoms in total. The van der Waals surface area contributed by atoms with E-state index in [4.69, 9.17) is 16.6 Å². The first-order valence-corrected chi connectivity index (χ1v) is 11.1. The highest BCUT2D eigenvalue weighted by Crippen LogP contribution is 2.39. The molecule has 1 N–H and O–H groups in total. The van der Waals surface area contributed by atoms with Gasteiger partial charge in [-0.3, -0.25) is 14.4 Å². The van der Waals surface area contributed by atoms with Crippen LogP contribution in [0.2, 0.25) is 5.02 Å². The van der Waals surface area contributed by atoms with Gasteiger partial charge in [-0.25, -0.2) is 0 Å². The number of rotatable bonds is 4. The summed E-state index contributed by atoms with van der Waals surface area (Å²) >= 11 is 7.82. The maximum atomic E-state index is 12.6. The molecule has 1 atom stereocenters. The van der Waals surface area contributed by atoms with Gasteiger partial charge in [0, 0.05) is 21.0 Å². The highest BCUT2D eigenvalue weighted by Gasteiger charge is 2.32. The average molecular weight is 452 g/mol. The van der Waals surface area contributed by atoms with Crippen LogP contribution in [0, 0.1) is 32.6 Å². The smallest absolute Gasteiger partial charge is 0.223 e. The van der Waals surface area contributed by atoms with Crippen molar-refractivity contribution in [2.75, 3.05) is 6.54 Å². The van der Waals surface area contributed by atoms with E-state index in [0.29, 0.717) is 17.4 Å². The molecule has 0 saturated heterocycles. The third-order valence-electron chi connectivity index (χ3n) is 5.29. The van der Waals surface area contributed by atoms with Crippen LogP contribution in [0.1, 0.15) is 52.6 Å². The Hall–Kier alpha value is -2.95. The van der Waals surface area contributed by atoms with Crippen LogP contribution in [0.25, 0.3) is 5.00 Å². The van der Waals surface area contributed by atoms with Crippen LogP contribution < -0.4 is 5.32 Å². The molecule has 0 bridgehead atoms. The Balaban J connectivity index is 1.88. The molecule has 158 valence electrons. The van der Waals surface area contributed by atoms with Gasteiger partial charge < -0.3 is 5.32 Å². The number of benzene rings is 1. The minimum absolute atomic E-state index is 0.127. The van der Waals surface area contributed by atoms with Gasteiger partial charge in [-0.1, -0.05) is 29.7 Å². The van der Waals surface area contributed by atoms with E-state index in [0.717, 1.165) is 33.2 Å². The lowest BCUT2D eigenvalue weighted by molar-refractivity contribution is -0.121. The molecule has 1 aliphatic rings. The van der Waals surface area contributed by atoms with Crippen LogP contribution in [0.5, 0.6) is 0 Å². The summed E-state index contributed by atoms with van der Waals surface area (Å²) < 4.78 is 2.04. The summed E-state index contributed by atoms with van der Waals surface area (Å²) in [4.78, 5) is 18.9. The molecule has 0 spiro atoms. The van der Waals surface area contributed by atoms with Gasteiger partial charge in [-0.05, 0) is 45.4 Å². The Labute approximate surface area is 190 Å². The van der Waals surface area contributed by atoms with E-state index in [9.17, 15) is 4.79 Å². The number of hydrogen-bond acceptors (Lipinski definition) is 5. The predicted octanol–water partition coefficient (Wildman–Crippen LogP) is 4.33. The zero-order valence-corrected chi connectivity index (χ0v) is 19.4. The molecule has 2 aromatic heterocycles. The van der Waals surface area contributed by atoms with Gasteiger partial charge in [0.15, 0.2) is 5.82 Å². The number of aromatic nitrogens is 3. The monoisotopic (exact) mass is 451 g/mol. The molecule has 1 amide bonds. The molecule has 3 heterocycles. The SMILES string of the molecule is CC#CCNC(=O)C[C@@H]1N=C(c2ccc(Cl)cc2)c2c(sc(C)c2C)-n2c(C)nnc21. The van der Waals surface area contributed by atoms with E-state index in [1.807, 2.05) is 35.8 Å². The van der Waals surface area contributed by atoms with Crippen LogP contribution in [-0.4, -0.2) is 32.9 Å². The standard InChI is InChI=1S/C23H22ClN5OS/c1-5-6-11-25-19(30)12-18-22-28-27-15(4)29(22)23-20(13(2)14(3)31-23)21(26-18)16-7-9-17(24)10-8-16/h7-10,18H,11-12H2,1-4H3,(H,25,30)/t18-/m0/s1. The first-order chi connectivity index (χ1) is 14.9. The molecule has 1 aliphatic heterocycles. The highest BCUT2D eigenvalue weighted by molar-refractivity contribution is 7.15. The van der Waals surface area contributed by atoms with Crippen LogP contribution >= 0.6 is 22.9 Å². The minimum Gasteiger partial charge on any atom is -0.345 e. The normalized spacial score (nSPS) is 14.6. The molecule has 4 rings (SSSR count). The number of carbonyl (C=O) groups excluding carboxylic acids is 1. The van der Waals surface area contributed by atoms with Crippen molar-refractivity contribution in [1.82, 2.24) is 20.1 Å². The zero-order valence-electron chi connectivity index (χ0n) is 17.8. The van der Waals surface area contributed by atoms with Crippen LogP contribution in [0.3, 0.4) is 0 Å². The van der Waals surface area contributed by atoms with Gasteiger partial charge in [-0.2, -0.15) is 0 Å². The first kappa shape index (κ1) is 21.3.